The lowest BCUT2D eigenvalue weighted by Gasteiger charge is -2.24. The maximum absolute atomic E-state index is 10.8. The normalized spacial score (nSPS) is 17.4. The fourth-order valence-corrected chi connectivity index (χ4v) is 4.46. The molecule has 0 unspecified atom stereocenters. The SMILES string of the molecule is C/C=C/c1cc(OC)c2c(c1)[C@@H](C)[C@H](c1cc(CN(CCO)CCCC)c(O)c(OC)c1)O2. The molecule has 0 aliphatic carbocycles. The van der Waals surface area contributed by atoms with Gasteiger partial charge in [0.15, 0.2) is 23.0 Å². The van der Waals surface area contributed by atoms with Gasteiger partial charge in [0.25, 0.3) is 0 Å². The molecule has 0 radical (unpaired) electrons. The molecule has 0 aromatic heterocycles. The minimum atomic E-state index is -0.232. The number of aliphatic hydroxyl groups excluding tert-OH is 1. The number of methoxy groups -OCH3 is 2. The number of phenols is 1. The topological polar surface area (TPSA) is 71.4 Å². The Morgan fingerprint density at radius 3 is 2.48 bits per heavy atom. The summed E-state index contributed by atoms with van der Waals surface area (Å²) < 4.78 is 17.6. The van der Waals surface area contributed by atoms with Crippen LogP contribution in [0, 0.1) is 0 Å². The Kier molecular flexibility index (Phi) is 8.64. The van der Waals surface area contributed by atoms with Gasteiger partial charge in [-0.3, -0.25) is 4.90 Å². The van der Waals surface area contributed by atoms with Crippen LogP contribution in [-0.4, -0.2) is 49.0 Å². The van der Waals surface area contributed by atoms with E-state index in [2.05, 4.69) is 30.9 Å². The van der Waals surface area contributed by atoms with Gasteiger partial charge in [-0.2, -0.15) is 0 Å². The van der Waals surface area contributed by atoms with Gasteiger partial charge >= 0.3 is 0 Å². The van der Waals surface area contributed by atoms with E-state index in [1.807, 2.05) is 31.2 Å². The molecule has 0 bridgehead atoms. The summed E-state index contributed by atoms with van der Waals surface area (Å²) in [7, 11) is 3.22. The number of hydrogen-bond donors (Lipinski definition) is 2. The van der Waals surface area contributed by atoms with Crippen LogP contribution < -0.4 is 14.2 Å². The molecule has 0 spiro atoms. The number of nitrogens with zero attached hydrogens (tertiary/aromatic N) is 1. The van der Waals surface area contributed by atoms with Crippen molar-refractivity contribution in [1.29, 1.82) is 0 Å². The van der Waals surface area contributed by atoms with Crippen molar-refractivity contribution < 1.29 is 24.4 Å². The summed E-state index contributed by atoms with van der Waals surface area (Å²) in [5.41, 5.74) is 3.88. The Hall–Kier alpha value is -2.70. The maximum Gasteiger partial charge on any atom is 0.165 e. The molecule has 3 rings (SSSR count). The zero-order chi connectivity index (χ0) is 24.0. The Morgan fingerprint density at radius 1 is 1.09 bits per heavy atom. The molecule has 1 aliphatic heterocycles. The highest BCUT2D eigenvalue weighted by atomic mass is 16.5. The zero-order valence-corrected chi connectivity index (χ0v) is 20.4. The third-order valence-corrected chi connectivity index (χ3v) is 6.24. The molecule has 6 heteroatoms. The second kappa shape index (κ2) is 11.4. The van der Waals surface area contributed by atoms with Crippen LogP contribution in [0.5, 0.6) is 23.0 Å². The van der Waals surface area contributed by atoms with Crippen LogP contribution in [0.25, 0.3) is 6.08 Å². The number of ether oxygens (including phenoxy) is 3. The van der Waals surface area contributed by atoms with Gasteiger partial charge in [-0.1, -0.05) is 32.4 Å². The second-order valence-corrected chi connectivity index (χ2v) is 8.55. The first-order chi connectivity index (χ1) is 16.0. The van der Waals surface area contributed by atoms with Crippen LogP contribution in [-0.2, 0) is 6.54 Å². The van der Waals surface area contributed by atoms with E-state index in [4.69, 9.17) is 14.2 Å². The van der Waals surface area contributed by atoms with E-state index in [1.54, 1.807) is 14.2 Å². The number of phenolic OH excluding ortho intramolecular Hbond substituents is 1. The van der Waals surface area contributed by atoms with E-state index in [-0.39, 0.29) is 24.4 Å². The van der Waals surface area contributed by atoms with Crippen LogP contribution in [0.1, 0.15) is 67.9 Å². The minimum absolute atomic E-state index is 0.0771. The predicted octanol–water partition coefficient (Wildman–Crippen LogP) is 5.27. The van der Waals surface area contributed by atoms with Gasteiger partial charge in [0.1, 0.15) is 6.10 Å². The van der Waals surface area contributed by atoms with Gasteiger partial charge in [0, 0.05) is 30.1 Å². The van der Waals surface area contributed by atoms with Crippen LogP contribution in [0.15, 0.2) is 30.3 Å². The van der Waals surface area contributed by atoms with Gasteiger partial charge in [-0.15, -0.1) is 0 Å². The van der Waals surface area contributed by atoms with Crippen molar-refractivity contribution in [2.75, 3.05) is 33.9 Å². The van der Waals surface area contributed by atoms with Crippen molar-refractivity contribution in [3.8, 4) is 23.0 Å². The molecular weight excluding hydrogens is 418 g/mol. The molecule has 2 atom stereocenters. The van der Waals surface area contributed by atoms with Crippen LogP contribution in [0.4, 0.5) is 0 Å². The predicted molar refractivity (Wildman–Crippen MR) is 131 cm³/mol. The van der Waals surface area contributed by atoms with E-state index in [9.17, 15) is 10.2 Å². The lowest BCUT2D eigenvalue weighted by molar-refractivity contribution is 0.186. The summed E-state index contributed by atoms with van der Waals surface area (Å²) in [5.74, 6) is 2.14. The Morgan fingerprint density at radius 2 is 1.85 bits per heavy atom. The monoisotopic (exact) mass is 455 g/mol. The number of allylic oxidation sites excluding steroid dienone is 1. The summed E-state index contributed by atoms with van der Waals surface area (Å²) >= 11 is 0. The van der Waals surface area contributed by atoms with Crippen molar-refractivity contribution in [3.63, 3.8) is 0 Å². The molecule has 0 saturated carbocycles. The van der Waals surface area contributed by atoms with Gasteiger partial charge < -0.3 is 24.4 Å². The Balaban J connectivity index is 1.97. The van der Waals surface area contributed by atoms with E-state index < -0.39 is 0 Å². The first kappa shape index (κ1) is 24.9. The number of aliphatic hydroxyl groups is 1. The van der Waals surface area contributed by atoms with Crippen LogP contribution in [0.3, 0.4) is 0 Å². The molecule has 33 heavy (non-hydrogen) atoms. The molecule has 0 fully saturated rings. The van der Waals surface area contributed by atoms with Crippen molar-refractivity contribution in [2.45, 2.75) is 52.2 Å². The lowest BCUT2D eigenvalue weighted by Crippen LogP contribution is -2.27. The highest BCUT2D eigenvalue weighted by molar-refractivity contribution is 5.62. The van der Waals surface area contributed by atoms with Gasteiger partial charge in [-0.05, 0) is 55.3 Å². The first-order valence-electron chi connectivity index (χ1n) is 11.7. The first-order valence-corrected chi connectivity index (χ1v) is 11.7. The summed E-state index contributed by atoms with van der Waals surface area (Å²) in [6, 6.07) is 7.99. The van der Waals surface area contributed by atoms with Gasteiger partial charge in [0.05, 0.1) is 20.8 Å². The number of aromatic hydroxyl groups is 1. The largest absolute Gasteiger partial charge is 0.504 e. The average Bonchev–Trinajstić information content (AvgIpc) is 3.15. The molecule has 0 saturated heterocycles. The number of hydrogen-bond acceptors (Lipinski definition) is 6. The van der Waals surface area contributed by atoms with Gasteiger partial charge in [-0.25, -0.2) is 0 Å². The quantitative estimate of drug-likeness (QED) is 0.481. The molecule has 6 nitrogen and oxygen atoms in total. The lowest BCUT2D eigenvalue weighted by atomic mass is 9.90. The van der Waals surface area contributed by atoms with Crippen molar-refractivity contribution >= 4 is 6.08 Å². The molecule has 1 aliphatic rings. The summed E-state index contributed by atoms with van der Waals surface area (Å²) in [5, 5.41) is 20.3. The Bertz CT molecular complexity index is 971. The number of benzene rings is 2. The van der Waals surface area contributed by atoms with Gasteiger partial charge in [0.2, 0.25) is 0 Å². The van der Waals surface area contributed by atoms with E-state index in [1.165, 1.54) is 0 Å². The summed E-state index contributed by atoms with van der Waals surface area (Å²) in [6.07, 6.45) is 5.93. The maximum atomic E-state index is 10.8. The van der Waals surface area contributed by atoms with E-state index in [0.717, 1.165) is 53.1 Å². The fourth-order valence-electron chi connectivity index (χ4n) is 4.46. The smallest absolute Gasteiger partial charge is 0.165 e. The summed E-state index contributed by atoms with van der Waals surface area (Å²) in [6.45, 7) is 8.30. The van der Waals surface area contributed by atoms with Crippen molar-refractivity contribution in [2.24, 2.45) is 0 Å². The highest BCUT2D eigenvalue weighted by Gasteiger charge is 2.36. The fraction of sp³-hybridized carbons (Fsp3) is 0.481. The van der Waals surface area contributed by atoms with E-state index >= 15 is 0 Å². The molecule has 0 amide bonds. The minimum Gasteiger partial charge on any atom is -0.504 e. The third kappa shape index (κ3) is 5.45. The van der Waals surface area contributed by atoms with Crippen LogP contribution in [0.2, 0.25) is 0 Å². The van der Waals surface area contributed by atoms with Crippen molar-refractivity contribution in [1.82, 2.24) is 4.90 Å². The summed E-state index contributed by atoms with van der Waals surface area (Å²) in [4.78, 5) is 2.15. The molecule has 1 heterocycles. The second-order valence-electron chi connectivity index (χ2n) is 8.55. The average molecular weight is 456 g/mol. The number of fused-ring (bicyclic) bond motifs is 1. The number of rotatable bonds is 11. The Labute approximate surface area is 197 Å². The highest BCUT2D eigenvalue weighted by Crippen LogP contribution is 2.51. The zero-order valence-electron chi connectivity index (χ0n) is 20.4. The molecule has 180 valence electrons. The molecular formula is C27H37NO5. The van der Waals surface area contributed by atoms with Crippen molar-refractivity contribution in [3.05, 3.63) is 52.6 Å². The standard InChI is InChI=1S/C27H37NO5/c1-6-8-10-28(11-12-29)17-21-15-20(16-23(31-4)25(21)30)26-18(3)22-13-19(9-7-2)14-24(32-5)27(22)33-26/h7,9,13-16,18,26,29-30H,6,8,10-12,17H2,1-5H3/b9-7+/t18-,26-/m1/s1. The molecule has 2 aromatic carbocycles. The molecule has 2 N–H and O–H groups in total. The number of unbranched alkanes of at least 4 members (excludes halogenated alkanes) is 1. The van der Waals surface area contributed by atoms with Crippen LogP contribution >= 0.6 is 0 Å². The molecule has 2 aromatic rings. The third-order valence-electron chi connectivity index (χ3n) is 6.24. The van der Waals surface area contributed by atoms with E-state index in [0.29, 0.717) is 18.8 Å².